The monoisotopic (exact) mass is 438 g/mol. The molecule has 1 heterocycles. The molecule has 0 fully saturated rings. The van der Waals surface area contributed by atoms with Gasteiger partial charge in [-0.05, 0) is 62.4 Å². The van der Waals surface area contributed by atoms with E-state index >= 15 is 0 Å². The van der Waals surface area contributed by atoms with E-state index in [1.165, 1.54) is 5.56 Å². The maximum atomic E-state index is 12.6. The minimum atomic E-state index is -0.0614. The number of benzene rings is 2. The van der Waals surface area contributed by atoms with E-state index in [-0.39, 0.29) is 11.5 Å². The van der Waals surface area contributed by atoms with Crippen molar-refractivity contribution in [2.75, 3.05) is 14.1 Å². The number of nitrogens with one attached hydrogen (secondary N) is 2. The molecule has 2 aromatic carbocycles. The number of carbonyl (C=O) groups is 1. The van der Waals surface area contributed by atoms with E-state index in [0.717, 1.165) is 36.9 Å². The zero-order valence-electron chi connectivity index (χ0n) is 18.2. The van der Waals surface area contributed by atoms with Crippen LogP contribution in [0.5, 0.6) is 0 Å². The quantitative estimate of drug-likeness (QED) is 0.371. The van der Waals surface area contributed by atoms with Gasteiger partial charge in [-0.15, -0.1) is 0 Å². The van der Waals surface area contributed by atoms with Crippen LogP contribution < -0.4 is 10.9 Å². The van der Waals surface area contributed by atoms with E-state index < -0.39 is 0 Å². The smallest absolute Gasteiger partial charge is 0.262 e. The fourth-order valence-corrected chi connectivity index (χ4v) is 3.84. The molecule has 1 amide bonds. The average Bonchev–Trinajstić information content (AvgIpc) is 2.74. The van der Waals surface area contributed by atoms with Gasteiger partial charge < -0.3 is 15.2 Å². The number of nitrogens with zero attached hydrogens (tertiary/aromatic N) is 2. The summed E-state index contributed by atoms with van der Waals surface area (Å²) in [4.78, 5) is 30.0. The minimum Gasteiger partial charge on any atom is -0.352 e. The van der Waals surface area contributed by atoms with Crippen molar-refractivity contribution in [3.63, 3.8) is 0 Å². The molecule has 3 rings (SSSR count). The van der Waals surface area contributed by atoms with E-state index in [1.54, 1.807) is 10.6 Å². The highest BCUT2D eigenvalue weighted by atomic mass is 32.1. The number of hydrogen-bond donors (Lipinski definition) is 2. The Morgan fingerprint density at radius 1 is 1.03 bits per heavy atom. The van der Waals surface area contributed by atoms with E-state index in [2.05, 4.69) is 39.5 Å². The first-order chi connectivity index (χ1) is 14.9. The number of hydrogen-bond acceptors (Lipinski definition) is 4. The largest absolute Gasteiger partial charge is 0.352 e. The van der Waals surface area contributed by atoms with Crippen LogP contribution in [0.4, 0.5) is 0 Å². The third kappa shape index (κ3) is 6.60. The first-order valence-corrected chi connectivity index (χ1v) is 11.1. The Hall–Kier alpha value is -2.77. The fraction of sp³-hybridized carbons (Fsp3) is 0.375. The molecule has 164 valence electrons. The molecule has 0 aliphatic carbocycles. The van der Waals surface area contributed by atoms with E-state index in [0.29, 0.717) is 29.7 Å². The first-order valence-electron chi connectivity index (χ1n) is 10.6. The lowest BCUT2D eigenvalue weighted by molar-refractivity contribution is -0.121. The summed E-state index contributed by atoms with van der Waals surface area (Å²) in [5, 5.41) is 3.62. The maximum absolute atomic E-state index is 12.6. The van der Waals surface area contributed by atoms with Crippen molar-refractivity contribution < 1.29 is 4.79 Å². The molecule has 0 radical (unpaired) electrons. The van der Waals surface area contributed by atoms with Crippen molar-refractivity contribution >= 4 is 29.0 Å². The molecule has 0 saturated heterocycles. The number of para-hydroxylation sites is 1. The van der Waals surface area contributed by atoms with Crippen LogP contribution in [0.2, 0.25) is 0 Å². The van der Waals surface area contributed by atoms with Gasteiger partial charge in [0.15, 0.2) is 4.77 Å². The van der Waals surface area contributed by atoms with Crippen LogP contribution >= 0.6 is 12.2 Å². The molecule has 0 aliphatic heterocycles. The third-order valence-corrected chi connectivity index (χ3v) is 5.51. The summed E-state index contributed by atoms with van der Waals surface area (Å²) in [6, 6.07) is 15.7. The van der Waals surface area contributed by atoms with Gasteiger partial charge in [-0.3, -0.25) is 14.2 Å². The topological polar surface area (TPSA) is 70.1 Å². The zero-order chi connectivity index (χ0) is 22.2. The summed E-state index contributed by atoms with van der Waals surface area (Å²) < 4.78 is 2.05. The zero-order valence-corrected chi connectivity index (χ0v) is 19.0. The van der Waals surface area contributed by atoms with Gasteiger partial charge in [0.1, 0.15) is 0 Å². The van der Waals surface area contributed by atoms with Gasteiger partial charge in [0.2, 0.25) is 5.91 Å². The molecule has 0 spiro atoms. The Bertz CT molecular complexity index is 1130. The van der Waals surface area contributed by atoms with Crippen LogP contribution in [0.1, 0.15) is 36.8 Å². The van der Waals surface area contributed by atoms with Crippen molar-refractivity contribution in [1.29, 1.82) is 0 Å². The lowest BCUT2D eigenvalue weighted by Crippen LogP contribution is -2.23. The van der Waals surface area contributed by atoms with Crippen LogP contribution in [0.15, 0.2) is 53.3 Å². The summed E-state index contributed by atoms with van der Waals surface area (Å²) in [6.07, 6.45) is 2.93. The Kier molecular flexibility index (Phi) is 8.14. The molecule has 0 bridgehead atoms. The number of carbonyl (C=O) groups excluding carboxylic acids is 1. The van der Waals surface area contributed by atoms with Crippen molar-refractivity contribution in [3.8, 4) is 0 Å². The number of H-pyrrole nitrogens is 1. The standard InChI is InChI=1S/C24H30N4O2S/c1-27(2)17-19-13-11-18(12-14-19)16-25-22(29)10-4-3-7-15-28-23(30)20-8-5-6-9-21(20)26-24(28)31/h5-6,8-9,11-14H,3-4,7,10,15-17H2,1-2H3,(H,25,29)(H,26,31). The van der Waals surface area contributed by atoms with Crippen LogP contribution in [0.3, 0.4) is 0 Å². The number of amides is 1. The van der Waals surface area contributed by atoms with Gasteiger partial charge in [0.05, 0.1) is 10.9 Å². The normalized spacial score (nSPS) is 11.2. The summed E-state index contributed by atoms with van der Waals surface area (Å²) in [5.74, 6) is 0.0533. The highest BCUT2D eigenvalue weighted by Gasteiger charge is 2.06. The van der Waals surface area contributed by atoms with Gasteiger partial charge in [-0.25, -0.2) is 0 Å². The first kappa shape index (κ1) is 22.9. The number of rotatable bonds is 10. The molecule has 31 heavy (non-hydrogen) atoms. The molecular weight excluding hydrogens is 408 g/mol. The van der Waals surface area contributed by atoms with Crippen LogP contribution in [-0.2, 0) is 24.4 Å². The fourth-order valence-electron chi connectivity index (χ4n) is 3.55. The van der Waals surface area contributed by atoms with Gasteiger partial charge in [0, 0.05) is 26.1 Å². The third-order valence-electron chi connectivity index (χ3n) is 5.19. The van der Waals surface area contributed by atoms with Crippen molar-refractivity contribution in [2.45, 2.75) is 45.3 Å². The second-order valence-corrected chi connectivity index (χ2v) is 8.46. The minimum absolute atomic E-state index is 0.0533. The molecule has 0 unspecified atom stereocenters. The Labute approximate surface area is 187 Å². The number of aromatic amines is 1. The summed E-state index contributed by atoms with van der Waals surface area (Å²) >= 11 is 5.34. The average molecular weight is 439 g/mol. The maximum Gasteiger partial charge on any atom is 0.262 e. The predicted molar refractivity (Wildman–Crippen MR) is 128 cm³/mol. The second-order valence-electron chi connectivity index (χ2n) is 8.07. The second kappa shape index (κ2) is 11.0. The van der Waals surface area contributed by atoms with E-state index in [4.69, 9.17) is 12.2 Å². The molecular formula is C24H30N4O2S. The molecule has 7 heteroatoms. The SMILES string of the molecule is CN(C)Cc1ccc(CNC(=O)CCCCCn2c(=S)[nH]c3ccccc3c2=O)cc1. The molecule has 0 atom stereocenters. The summed E-state index contributed by atoms with van der Waals surface area (Å²) in [7, 11) is 4.09. The van der Waals surface area contributed by atoms with E-state index in [9.17, 15) is 9.59 Å². The Morgan fingerprint density at radius 3 is 2.48 bits per heavy atom. The summed E-state index contributed by atoms with van der Waals surface area (Å²) in [5.41, 5.74) is 3.05. The number of fused-ring (bicyclic) bond motifs is 1. The lowest BCUT2D eigenvalue weighted by atomic mass is 10.1. The number of aromatic nitrogens is 2. The molecule has 6 nitrogen and oxygen atoms in total. The molecule has 0 aliphatic rings. The highest BCUT2D eigenvalue weighted by Crippen LogP contribution is 2.09. The van der Waals surface area contributed by atoms with Gasteiger partial charge in [-0.1, -0.05) is 42.8 Å². The van der Waals surface area contributed by atoms with Gasteiger partial charge in [-0.2, -0.15) is 0 Å². The van der Waals surface area contributed by atoms with E-state index in [1.807, 2.05) is 32.3 Å². The lowest BCUT2D eigenvalue weighted by Gasteiger charge is -2.10. The summed E-state index contributed by atoms with van der Waals surface area (Å²) in [6.45, 7) is 2.01. The van der Waals surface area contributed by atoms with Crippen molar-refractivity contribution in [2.24, 2.45) is 0 Å². The molecule has 2 N–H and O–H groups in total. The van der Waals surface area contributed by atoms with Gasteiger partial charge >= 0.3 is 0 Å². The highest BCUT2D eigenvalue weighted by molar-refractivity contribution is 7.71. The Balaban J connectivity index is 1.39. The van der Waals surface area contributed by atoms with Gasteiger partial charge in [0.25, 0.3) is 5.56 Å². The molecule has 1 aromatic heterocycles. The van der Waals surface area contributed by atoms with Crippen LogP contribution in [0.25, 0.3) is 10.9 Å². The molecule has 3 aromatic rings. The Morgan fingerprint density at radius 2 is 1.74 bits per heavy atom. The van der Waals surface area contributed by atoms with Crippen LogP contribution in [0, 0.1) is 4.77 Å². The predicted octanol–water partition coefficient (Wildman–Crippen LogP) is 4.00. The number of unbranched alkanes of at least 4 members (excludes halogenated alkanes) is 2. The van der Waals surface area contributed by atoms with Crippen LogP contribution in [-0.4, -0.2) is 34.5 Å². The van der Waals surface area contributed by atoms with Crippen molar-refractivity contribution in [3.05, 3.63) is 74.8 Å². The van der Waals surface area contributed by atoms with Crippen molar-refractivity contribution in [1.82, 2.24) is 19.8 Å². The molecule has 0 saturated carbocycles.